The van der Waals surface area contributed by atoms with Crippen LogP contribution in [0.4, 0.5) is 0 Å². The van der Waals surface area contributed by atoms with E-state index in [0.29, 0.717) is 0 Å². The zero-order valence-corrected chi connectivity index (χ0v) is 11.3. The number of hydrogen-bond acceptors (Lipinski definition) is 11. The Morgan fingerprint density at radius 1 is 0.950 bits per heavy atom. The molecule has 1 radical (unpaired) electrons. The number of aliphatic hydroxyl groups excluding tert-OH is 1. The third-order valence-corrected chi connectivity index (χ3v) is 1.23. The Morgan fingerprint density at radius 2 is 1.25 bits per heavy atom. The minimum Gasteiger partial charge on any atom is -0.394 e. The quantitative estimate of drug-likeness (QED) is 0.384. The third-order valence-electron chi connectivity index (χ3n) is 1.23. The van der Waals surface area contributed by atoms with E-state index in [2.05, 4.69) is 0 Å². The van der Waals surface area contributed by atoms with Gasteiger partial charge < -0.3 is 55.8 Å². The summed E-state index contributed by atoms with van der Waals surface area (Å²) < 4.78 is 5.05. The van der Waals surface area contributed by atoms with Gasteiger partial charge in [-0.1, -0.05) is 0 Å². The summed E-state index contributed by atoms with van der Waals surface area (Å²) in [4.78, 5) is 24.8. The predicted molar refractivity (Wildman–Crippen MR) is 57.1 cm³/mol. The Hall–Kier alpha value is -0.961. The van der Waals surface area contributed by atoms with E-state index in [9.17, 15) is 0 Å². The fraction of sp³-hybridized carbons (Fsp3) is 1.00. The SMILES string of the molecule is O=[N+]([O-])[O-].O=[N+]([O-])[O-].O=[N+]([O-])[O-].OCC1CCCO1.[Yb+3]. The molecule has 0 aromatic carbocycles. The van der Waals surface area contributed by atoms with Gasteiger partial charge in [-0.15, -0.1) is 0 Å². The molecule has 1 saturated heterocycles. The van der Waals surface area contributed by atoms with E-state index in [0.717, 1.165) is 19.4 Å². The van der Waals surface area contributed by atoms with Gasteiger partial charge in [0.2, 0.25) is 0 Å². The van der Waals surface area contributed by atoms with Gasteiger partial charge in [0, 0.05) is 6.61 Å². The normalized spacial score (nSPS) is 14.6. The van der Waals surface area contributed by atoms with Gasteiger partial charge in [-0.2, -0.15) is 0 Å². The van der Waals surface area contributed by atoms with Crippen LogP contribution in [0.15, 0.2) is 0 Å². The van der Waals surface area contributed by atoms with E-state index >= 15 is 0 Å². The summed E-state index contributed by atoms with van der Waals surface area (Å²) >= 11 is 0. The van der Waals surface area contributed by atoms with Crippen molar-refractivity contribution in [3.63, 3.8) is 0 Å². The summed E-state index contributed by atoms with van der Waals surface area (Å²) in [7, 11) is 0. The topological polar surface area (TPSA) is 228 Å². The van der Waals surface area contributed by atoms with Gasteiger partial charge in [-0.3, -0.25) is 0 Å². The molecule has 15 heteroatoms. The molecule has 14 nitrogen and oxygen atoms in total. The maximum Gasteiger partial charge on any atom is 3.00 e. The molecule has 0 aromatic heterocycles. The Bertz CT molecular complexity index is 218. The molecule has 1 atom stereocenters. The van der Waals surface area contributed by atoms with E-state index in [1.807, 2.05) is 0 Å². The second kappa shape index (κ2) is 20.4. The molecule has 125 valence electrons. The molecule has 1 aliphatic rings. The maximum absolute atomic E-state index is 8.44. The molecule has 1 rings (SSSR count). The Labute approximate surface area is 149 Å². The molecular weight excluding hydrogens is 451 g/mol. The summed E-state index contributed by atoms with van der Waals surface area (Å²) in [5, 5.41) is 52.7. The molecule has 1 unspecified atom stereocenters. The van der Waals surface area contributed by atoms with Crippen molar-refractivity contribution in [2.24, 2.45) is 0 Å². The zero-order chi connectivity index (χ0) is 15.8. The second-order valence-electron chi connectivity index (χ2n) is 2.49. The summed E-state index contributed by atoms with van der Waals surface area (Å²) in [5.41, 5.74) is 0. The summed E-state index contributed by atoms with van der Waals surface area (Å²) in [6.45, 7) is 1.03. The zero-order valence-electron chi connectivity index (χ0n) is 9.54. The maximum atomic E-state index is 8.44. The minimum atomic E-state index is -1.75. The average Bonchev–Trinajstić information content (AvgIpc) is 2.66. The Balaban J connectivity index is -0.0000000881. The van der Waals surface area contributed by atoms with Gasteiger partial charge in [-0.05, 0) is 12.8 Å². The van der Waals surface area contributed by atoms with E-state index in [-0.39, 0.29) is 59.6 Å². The molecule has 0 aromatic rings. The number of hydrogen-bond donors (Lipinski definition) is 1. The van der Waals surface area contributed by atoms with Crippen molar-refractivity contribution in [3.05, 3.63) is 46.0 Å². The Kier molecular flexibility index (Phi) is 27.9. The van der Waals surface area contributed by atoms with Gasteiger partial charge in [0.15, 0.2) is 0 Å². The van der Waals surface area contributed by atoms with Crippen LogP contribution in [0.1, 0.15) is 12.8 Å². The number of rotatable bonds is 1. The van der Waals surface area contributed by atoms with E-state index in [1.165, 1.54) is 0 Å². The van der Waals surface area contributed by atoms with Crippen LogP contribution in [-0.4, -0.2) is 39.7 Å². The first-order chi connectivity index (χ1) is 8.63. The van der Waals surface area contributed by atoms with Gasteiger partial charge in [0.05, 0.1) is 28.0 Å². The molecule has 0 spiro atoms. The molecule has 1 heterocycles. The molecule has 0 aliphatic carbocycles. The fourth-order valence-electron chi connectivity index (χ4n) is 0.788. The van der Waals surface area contributed by atoms with E-state index < -0.39 is 15.3 Å². The van der Waals surface area contributed by atoms with Gasteiger partial charge in [-0.25, -0.2) is 0 Å². The molecule has 1 aliphatic heterocycles. The number of aliphatic hydroxyl groups is 1. The summed E-state index contributed by atoms with van der Waals surface area (Å²) in [6, 6.07) is 0. The van der Waals surface area contributed by atoms with Crippen molar-refractivity contribution in [1.29, 1.82) is 0 Å². The molecule has 1 fully saturated rings. The van der Waals surface area contributed by atoms with Gasteiger partial charge >= 0.3 is 46.9 Å². The van der Waals surface area contributed by atoms with Gasteiger partial charge in [0.25, 0.3) is 0 Å². The molecule has 0 bridgehead atoms. The summed E-state index contributed by atoms with van der Waals surface area (Å²) in [5.74, 6) is 0. The van der Waals surface area contributed by atoms with Crippen molar-refractivity contribution in [1.82, 2.24) is 0 Å². The van der Waals surface area contributed by atoms with Crippen molar-refractivity contribution >= 4 is 0 Å². The molecular formula is C5H10N3O11Yb. The largest absolute Gasteiger partial charge is 3.00 e. The molecule has 1 N–H and O–H groups in total. The van der Waals surface area contributed by atoms with Crippen LogP contribution in [0.5, 0.6) is 0 Å². The van der Waals surface area contributed by atoms with E-state index in [1.54, 1.807) is 0 Å². The average molecular weight is 461 g/mol. The van der Waals surface area contributed by atoms with Gasteiger partial charge in [0.1, 0.15) is 0 Å². The molecule has 0 saturated carbocycles. The number of ether oxygens (including phenoxy) is 1. The predicted octanol–water partition coefficient (Wildman–Crippen LogP) is -0.560. The van der Waals surface area contributed by atoms with Crippen LogP contribution in [0.2, 0.25) is 0 Å². The van der Waals surface area contributed by atoms with Crippen molar-refractivity contribution in [2.75, 3.05) is 13.2 Å². The number of nitrogens with zero attached hydrogens (tertiary/aromatic N) is 3. The first kappa shape index (κ1) is 27.4. The van der Waals surface area contributed by atoms with Crippen LogP contribution in [0.25, 0.3) is 0 Å². The van der Waals surface area contributed by atoms with Crippen LogP contribution in [-0.2, 0) is 4.74 Å². The third kappa shape index (κ3) is 67.8. The first-order valence-electron chi connectivity index (χ1n) is 4.30. The monoisotopic (exact) mass is 462 g/mol. The van der Waals surface area contributed by atoms with Crippen molar-refractivity contribution in [3.8, 4) is 0 Å². The smallest absolute Gasteiger partial charge is 0.394 e. The molecule has 0 amide bonds. The van der Waals surface area contributed by atoms with Crippen molar-refractivity contribution in [2.45, 2.75) is 18.9 Å². The van der Waals surface area contributed by atoms with E-state index in [4.69, 9.17) is 55.8 Å². The first-order valence-corrected chi connectivity index (χ1v) is 4.30. The van der Waals surface area contributed by atoms with Crippen LogP contribution < -0.4 is 0 Å². The second-order valence-corrected chi connectivity index (χ2v) is 2.49. The van der Waals surface area contributed by atoms with Crippen LogP contribution >= 0.6 is 0 Å². The van der Waals surface area contributed by atoms with Crippen LogP contribution in [0, 0.1) is 92.9 Å². The minimum absolute atomic E-state index is 0. The molecule has 20 heavy (non-hydrogen) atoms. The van der Waals surface area contributed by atoms with Crippen molar-refractivity contribution < 1.29 is 72.0 Å². The Morgan fingerprint density at radius 3 is 1.35 bits per heavy atom. The van der Waals surface area contributed by atoms with Crippen LogP contribution in [0.3, 0.4) is 0 Å². The summed E-state index contributed by atoms with van der Waals surface area (Å²) in [6.07, 6.45) is 2.31. The fourth-order valence-corrected chi connectivity index (χ4v) is 0.788. The standard InChI is InChI=1S/C5H10O2.3NO3.Yb/c6-4-5-2-1-3-7-5;3*2-1(3)4;/h5-6H,1-4H2;;;;/q;3*-1;+3.